The average molecular weight is 399 g/mol. The van der Waals surface area contributed by atoms with Crippen molar-refractivity contribution in [2.45, 2.75) is 33.4 Å². The van der Waals surface area contributed by atoms with Gasteiger partial charge in [0.1, 0.15) is 12.3 Å². The van der Waals surface area contributed by atoms with Crippen molar-refractivity contribution in [3.05, 3.63) is 59.2 Å². The number of nitrogens with one attached hydrogen (secondary N) is 2. The Morgan fingerprint density at radius 2 is 1.72 bits per heavy atom. The number of hydrogen-bond donors (Lipinski definition) is 2. The fraction of sp³-hybridized carbons (Fsp3) is 0.391. The molecule has 0 aromatic heterocycles. The van der Waals surface area contributed by atoms with Gasteiger partial charge in [-0.25, -0.2) is 0 Å². The Balaban J connectivity index is 1.94. The predicted octanol–water partition coefficient (Wildman–Crippen LogP) is 1.81. The second-order valence-electron chi connectivity index (χ2n) is 7.67. The summed E-state index contributed by atoms with van der Waals surface area (Å²) in [4.78, 5) is 27.6. The van der Waals surface area contributed by atoms with Gasteiger partial charge in [-0.15, -0.1) is 0 Å². The number of ether oxygens (including phenoxy) is 1. The molecule has 6 heteroatoms. The van der Waals surface area contributed by atoms with E-state index in [1.807, 2.05) is 64.2 Å². The standard InChI is InChI=1S/C23H31N3O3/c1-16-7-10-20(11-8-16)24-22(27)15-26(5)23(28)18(3)25(4)14-19-13-17(2)9-12-21(19)29-6/h7-13,18H,14-15H2,1-6H3,(H,24,27)/p+1/t18-/m0/s1. The molecule has 0 heterocycles. The number of quaternary nitrogens is 1. The zero-order valence-electron chi connectivity index (χ0n) is 18.2. The van der Waals surface area contributed by atoms with Crippen molar-refractivity contribution in [1.29, 1.82) is 0 Å². The highest BCUT2D eigenvalue weighted by Crippen LogP contribution is 2.18. The Bertz CT molecular complexity index is 849. The molecular weight excluding hydrogens is 366 g/mol. The van der Waals surface area contributed by atoms with E-state index in [-0.39, 0.29) is 24.4 Å². The van der Waals surface area contributed by atoms with E-state index in [2.05, 4.69) is 11.4 Å². The number of amides is 2. The number of rotatable bonds is 8. The van der Waals surface area contributed by atoms with E-state index in [1.165, 1.54) is 4.90 Å². The van der Waals surface area contributed by atoms with Gasteiger partial charge in [0, 0.05) is 18.3 Å². The van der Waals surface area contributed by atoms with Crippen molar-refractivity contribution in [2.75, 3.05) is 33.1 Å². The molecule has 0 spiro atoms. The third kappa shape index (κ3) is 6.32. The summed E-state index contributed by atoms with van der Waals surface area (Å²) in [5.41, 5.74) is 4.06. The van der Waals surface area contributed by atoms with Crippen LogP contribution in [0.5, 0.6) is 5.75 Å². The molecular formula is C23H32N3O3+. The van der Waals surface area contributed by atoms with Gasteiger partial charge in [-0.1, -0.05) is 29.3 Å². The molecule has 2 rings (SSSR count). The maximum absolute atomic E-state index is 12.8. The van der Waals surface area contributed by atoms with Crippen LogP contribution in [0, 0.1) is 13.8 Å². The fourth-order valence-electron chi connectivity index (χ4n) is 3.17. The number of anilines is 1. The molecule has 1 unspecified atom stereocenters. The monoisotopic (exact) mass is 398 g/mol. The van der Waals surface area contributed by atoms with Gasteiger partial charge in [0.2, 0.25) is 5.91 Å². The molecule has 2 aromatic rings. The first-order chi connectivity index (χ1) is 13.7. The van der Waals surface area contributed by atoms with Gasteiger partial charge < -0.3 is 19.9 Å². The van der Waals surface area contributed by atoms with Crippen molar-refractivity contribution in [2.24, 2.45) is 0 Å². The quantitative estimate of drug-likeness (QED) is 0.713. The lowest BCUT2D eigenvalue weighted by Crippen LogP contribution is -3.12. The summed E-state index contributed by atoms with van der Waals surface area (Å²) >= 11 is 0. The first kappa shape index (κ1) is 22.4. The summed E-state index contributed by atoms with van der Waals surface area (Å²) in [5, 5.41) is 2.83. The molecule has 2 atom stereocenters. The molecule has 2 amide bonds. The molecule has 156 valence electrons. The molecule has 0 aliphatic carbocycles. The van der Waals surface area contributed by atoms with Crippen LogP contribution >= 0.6 is 0 Å². The van der Waals surface area contributed by atoms with Crippen molar-refractivity contribution >= 4 is 17.5 Å². The third-order valence-corrected chi connectivity index (χ3v) is 5.11. The van der Waals surface area contributed by atoms with Crippen molar-refractivity contribution < 1.29 is 19.2 Å². The lowest BCUT2D eigenvalue weighted by Gasteiger charge is -2.26. The highest BCUT2D eigenvalue weighted by molar-refractivity contribution is 5.94. The second-order valence-corrected chi connectivity index (χ2v) is 7.67. The van der Waals surface area contributed by atoms with Crippen LogP contribution in [0.1, 0.15) is 23.6 Å². The maximum atomic E-state index is 12.8. The fourth-order valence-corrected chi connectivity index (χ4v) is 3.17. The summed E-state index contributed by atoms with van der Waals surface area (Å²) in [5.74, 6) is 0.531. The summed E-state index contributed by atoms with van der Waals surface area (Å²) in [6.07, 6.45) is 0. The zero-order chi connectivity index (χ0) is 21.6. The first-order valence-electron chi connectivity index (χ1n) is 9.78. The molecule has 0 aliphatic rings. The molecule has 0 aliphatic heterocycles. The molecule has 29 heavy (non-hydrogen) atoms. The number of methoxy groups -OCH3 is 1. The van der Waals surface area contributed by atoms with E-state index in [0.717, 1.165) is 33.0 Å². The van der Waals surface area contributed by atoms with Crippen LogP contribution < -0.4 is 15.0 Å². The zero-order valence-corrected chi connectivity index (χ0v) is 18.2. The number of nitrogens with zero attached hydrogens (tertiary/aromatic N) is 1. The smallest absolute Gasteiger partial charge is 0.280 e. The van der Waals surface area contributed by atoms with Gasteiger partial charge in [-0.05, 0) is 45.0 Å². The third-order valence-electron chi connectivity index (χ3n) is 5.11. The van der Waals surface area contributed by atoms with Gasteiger partial charge in [0.15, 0.2) is 6.04 Å². The number of aryl methyl sites for hydroxylation is 2. The van der Waals surface area contributed by atoms with Gasteiger partial charge >= 0.3 is 0 Å². The van der Waals surface area contributed by atoms with Crippen LogP contribution in [0.2, 0.25) is 0 Å². The molecule has 0 saturated carbocycles. The number of carbonyl (C=O) groups is 2. The molecule has 0 bridgehead atoms. The van der Waals surface area contributed by atoms with Crippen LogP contribution in [0.4, 0.5) is 5.69 Å². The van der Waals surface area contributed by atoms with E-state index in [0.29, 0.717) is 6.54 Å². The van der Waals surface area contributed by atoms with E-state index in [9.17, 15) is 9.59 Å². The van der Waals surface area contributed by atoms with Crippen molar-refractivity contribution in [3.8, 4) is 5.75 Å². The molecule has 0 saturated heterocycles. The number of carbonyl (C=O) groups excluding carboxylic acids is 2. The van der Waals surface area contributed by atoms with Crippen LogP contribution in [0.15, 0.2) is 42.5 Å². The van der Waals surface area contributed by atoms with Crippen LogP contribution in [0.3, 0.4) is 0 Å². The summed E-state index contributed by atoms with van der Waals surface area (Å²) in [6.45, 7) is 6.57. The van der Waals surface area contributed by atoms with Crippen molar-refractivity contribution in [3.63, 3.8) is 0 Å². The number of likely N-dealkylation sites (N-methyl/N-ethyl adjacent to an activating group) is 2. The summed E-state index contributed by atoms with van der Waals surface area (Å²) in [6, 6.07) is 13.3. The lowest BCUT2D eigenvalue weighted by atomic mass is 10.1. The Labute approximate surface area is 173 Å². The number of hydrogen-bond acceptors (Lipinski definition) is 3. The molecule has 0 fully saturated rings. The molecule has 0 radical (unpaired) electrons. The van der Waals surface area contributed by atoms with Crippen LogP contribution in [-0.4, -0.2) is 50.5 Å². The van der Waals surface area contributed by atoms with Gasteiger partial charge in [-0.2, -0.15) is 0 Å². The first-order valence-corrected chi connectivity index (χ1v) is 9.78. The van der Waals surface area contributed by atoms with E-state index >= 15 is 0 Å². The van der Waals surface area contributed by atoms with Gasteiger partial charge in [0.25, 0.3) is 5.91 Å². The van der Waals surface area contributed by atoms with E-state index in [1.54, 1.807) is 14.2 Å². The van der Waals surface area contributed by atoms with Gasteiger partial charge in [0.05, 0.1) is 20.7 Å². The Morgan fingerprint density at radius 1 is 1.10 bits per heavy atom. The minimum atomic E-state index is -0.294. The second kappa shape index (κ2) is 10.1. The van der Waals surface area contributed by atoms with Crippen LogP contribution in [-0.2, 0) is 16.1 Å². The maximum Gasteiger partial charge on any atom is 0.280 e. The lowest BCUT2D eigenvalue weighted by molar-refractivity contribution is -0.908. The SMILES string of the molecule is COc1ccc(C)cc1C[NH+](C)[C@@H](C)C(=O)N(C)CC(=O)Nc1ccc(C)cc1. The topological polar surface area (TPSA) is 63.1 Å². The predicted molar refractivity (Wildman–Crippen MR) is 115 cm³/mol. The van der Waals surface area contributed by atoms with Crippen LogP contribution in [0.25, 0.3) is 0 Å². The Morgan fingerprint density at radius 3 is 2.34 bits per heavy atom. The van der Waals surface area contributed by atoms with Crippen molar-refractivity contribution in [1.82, 2.24) is 4.90 Å². The summed E-state index contributed by atoms with van der Waals surface area (Å²) in [7, 11) is 5.29. The summed E-state index contributed by atoms with van der Waals surface area (Å²) < 4.78 is 5.44. The largest absolute Gasteiger partial charge is 0.496 e. The normalized spacial score (nSPS) is 12.8. The van der Waals surface area contributed by atoms with E-state index in [4.69, 9.17) is 4.74 Å². The molecule has 6 nitrogen and oxygen atoms in total. The highest BCUT2D eigenvalue weighted by Gasteiger charge is 2.27. The Hall–Kier alpha value is -2.86. The highest BCUT2D eigenvalue weighted by atomic mass is 16.5. The Kier molecular flexibility index (Phi) is 7.79. The van der Waals surface area contributed by atoms with E-state index < -0.39 is 0 Å². The number of benzene rings is 2. The molecule has 2 aromatic carbocycles. The average Bonchev–Trinajstić information content (AvgIpc) is 2.68. The van der Waals surface area contributed by atoms with Gasteiger partial charge in [-0.3, -0.25) is 9.59 Å². The molecule has 2 N–H and O–H groups in total. The minimum absolute atomic E-state index is 0.0120. The minimum Gasteiger partial charge on any atom is -0.496 e.